The number of hydrogen-bond donors (Lipinski definition) is 2. The minimum atomic E-state index is -1.16. The van der Waals surface area contributed by atoms with Crippen molar-refractivity contribution in [3.8, 4) is 0 Å². The van der Waals surface area contributed by atoms with E-state index >= 15 is 0 Å². The summed E-state index contributed by atoms with van der Waals surface area (Å²) in [5.74, 6) is -0.466. The Hall–Kier alpha value is -3.55. The molecule has 2 fully saturated rings. The smallest absolute Gasteiger partial charge is 0.338 e. The van der Waals surface area contributed by atoms with Crippen molar-refractivity contribution in [1.82, 2.24) is 10.2 Å². The van der Waals surface area contributed by atoms with Crippen LogP contribution in [-0.2, 0) is 15.2 Å². The molecule has 1 aliphatic carbocycles. The summed E-state index contributed by atoms with van der Waals surface area (Å²) in [6.07, 6.45) is 4.31. The molecule has 0 aromatic heterocycles. The minimum Gasteiger partial charge on any atom is -0.459 e. The highest BCUT2D eigenvalue weighted by molar-refractivity contribution is 5.90. The van der Waals surface area contributed by atoms with E-state index in [4.69, 9.17) is 10.5 Å². The molecule has 1 spiro atoms. The van der Waals surface area contributed by atoms with E-state index < -0.39 is 23.3 Å². The SMILES string of the molecule is CC(C)OC(=O)c1ccc([C@@](N)(CCC(C)(C)C)N2C(=O)C(c3ccc(F)cc3)NC23CCC(c2ccccc2)CC3)cc1. The molecule has 0 radical (unpaired) electrons. The first-order valence-electron chi connectivity index (χ1n) is 15.8. The molecule has 3 N–H and O–H groups in total. The molecule has 1 unspecified atom stereocenters. The van der Waals surface area contributed by atoms with E-state index in [9.17, 15) is 14.0 Å². The van der Waals surface area contributed by atoms with Crippen molar-refractivity contribution in [2.75, 3.05) is 0 Å². The van der Waals surface area contributed by atoms with E-state index in [1.54, 1.807) is 24.3 Å². The van der Waals surface area contributed by atoms with Crippen molar-refractivity contribution < 1.29 is 18.7 Å². The lowest BCUT2D eigenvalue weighted by Crippen LogP contribution is -2.65. The fourth-order valence-corrected chi connectivity index (χ4v) is 6.84. The number of hydrogen-bond acceptors (Lipinski definition) is 5. The van der Waals surface area contributed by atoms with Crippen LogP contribution >= 0.6 is 0 Å². The first kappa shape index (κ1) is 31.9. The molecule has 0 bridgehead atoms. The number of nitrogens with one attached hydrogen (secondary N) is 1. The summed E-state index contributed by atoms with van der Waals surface area (Å²) in [4.78, 5) is 29.2. The van der Waals surface area contributed by atoms with Gasteiger partial charge in [-0.15, -0.1) is 0 Å². The van der Waals surface area contributed by atoms with Crippen LogP contribution in [0.4, 0.5) is 4.39 Å². The molecule has 5 rings (SSSR count). The molecule has 1 saturated heterocycles. The molecule has 3 aromatic carbocycles. The highest BCUT2D eigenvalue weighted by atomic mass is 19.1. The Balaban J connectivity index is 1.57. The quantitative estimate of drug-likeness (QED) is 0.261. The van der Waals surface area contributed by atoms with Crippen molar-refractivity contribution in [3.63, 3.8) is 0 Å². The summed E-state index contributed by atoms with van der Waals surface area (Å²) >= 11 is 0. The second-order valence-electron chi connectivity index (χ2n) is 14.0. The Kier molecular flexibility index (Phi) is 9.01. The van der Waals surface area contributed by atoms with Gasteiger partial charge in [0.05, 0.1) is 17.3 Å². The topological polar surface area (TPSA) is 84.7 Å². The van der Waals surface area contributed by atoms with Gasteiger partial charge in [0.2, 0.25) is 5.91 Å². The van der Waals surface area contributed by atoms with Crippen LogP contribution in [0.25, 0.3) is 0 Å². The Morgan fingerprint density at radius 1 is 0.955 bits per heavy atom. The van der Waals surface area contributed by atoms with Crippen LogP contribution in [0.15, 0.2) is 78.9 Å². The normalized spacial score (nSPS) is 23.6. The molecule has 1 amide bonds. The second-order valence-corrected chi connectivity index (χ2v) is 14.0. The third-order valence-corrected chi connectivity index (χ3v) is 9.21. The van der Waals surface area contributed by atoms with Crippen LogP contribution in [0.1, 0.15) is 112 Å². The number of rotatable bonds is 8. The molecule has 1 saturated carbocycles. The monoisotopic (exact) mass is 599 g/mol. The zero-order chi connectivity index (χ0) is 31.7. The predicted octanol–water partition coefficient (Wildman–Crippen LogP) is 7.56. The zero-order valence-corrected chi connectivity index (χ0v) is 26.6. The molecular weight excluding hydrogens is 553 g/mol. The molecule has 6 nitrogen and oxygen atoms in total. The largest absolute Gasteiger partial charge is 0.459 e. The average Bonchev–Trinajstić information content (AvgIpc) is 3.28. The average molecular weight is 600 g/mol. The number of carbonyl (C=O) groups excluding carboxylic acids is 2. The van der Waals surface area contributed by atoms with Crippen LogP contribution in [0.5, 0.6) is 0 Å². The number of amides is 1. The summed E-state index contributed by atoms with van der Waals surface area (Å²) in [5, 5.41) is 3.74. The van der Waals surface area contributed by atoms with Gasteiger partial charge >= 0.3 is 5.97 Å². The van der Waals surface area contributed by atoms with Gasteiger partial charge in [0.25, 0.3) is 0 Å². The first-order valence-corrected chi connectivity index (χ1v) is 15.8. The minimum absolute atomic E-state index is 0.0314. The predicted molar refractivity (Wildman–Crippen MR) is 171 cm³/mol. The molecule has 3 aromatic rings. The summed E-state index contributed by atoms with van der Waals surface area (Å²) < 4.78 is 19.3. The van der Waals surface area contributed by atoms with E-state index in [1.165, 1.54) is 17.7 Å². The molecule has 2 aliphatic rings. The van der Waals surface area contributed by atoms with Gasteiger partial charge in [-0.3, -0.25) is 10.1 Å². The van der Waals surface area contributed by atoms with Crippen molar-refractivity contribution in [1.29, 1.82) is 0 Å². The molecule has 234 valence electrons. The van der Waals surface area contributed by atoms with Crippen molar-refractivity contribution in [3.05, 3.63) is 107 Å². The second kappa shape index (κ2) is 12.4. The number of benzene rings is 3. The fraction of sp³-hybridized carbons (Fsp3) is 0.459. The van der Waals surface area contributed by atoms with Crippen molar-refractivity contribution in [2.45, 2.75) is 103 Å². The Bertz CT molecular complexity index is 1440. The van der Waals surface area contributed by atoms with E-state index in [1.807, 2.05) is 36.9 Å². The third-order valence-electron chi connectivity index (χ3n) is 9.21. The maximum atomic E-state index is 14.7. The highest BCUT2D eigenvalue weighted by Gasteiger charge is 2.58. The van der Waals surface area contributed by atoms with Crippen molar-refractivity contribution in [2.24, 2.45) is 11.1 Å². The number of halogens is 1. The van der Waals surface area contributed by atoms with Crippen LogP contribution in [0.2, 0.25) is 0 Å². The molecule has 7 heteroatoms. The van der Waals surface area contributed by atoms with Gasteiger partial charge in [0.1, 0.15) is 17.5 Å². The van der Waals surface area contributed by atoms with Gasteiger partial charge in [-0.1, -0.05) is 75.4 Å². The number of ether oxygens (including phenoxy) is 1. The number of carbonyl (C=O) groups is 2. The number of nitrogens with two attached hydrogens (primary N) is 1. The number of nitrogens with zero attached hydrogens (tertiary/aromatic N) is 1. The van der Waals surface area contributed by atoms with Crippen LogP contribution in [0, 0.1) is 11.2 Å². The molecule has 2 atom stereocenters. The highest BCUT2D eigenvalue weighted by Crippen LogP contribution is 2.50. The van der Waals surface area contributed by atoms with Gasteiger partial charge in [-0.2, -0.15) is 0 Å². The third kappa shape index (κ3) is 6.59. The zero-order valence-electron chi connectivity index (χ0n) is 26.6. The van der Waals surface area contributed by atoms with E-state index in [0.29, 0.717) is 23.5 Å². The fourth-order valence-electron chi connectivity index (χ4n) is 6.84. The lowest BCUT2D eigenvalue weighted by molar-refractivity contribution is -0.144. The maximum absolute atomic E-state index is 14.7. The summed E-state index contributed by atoms with van der Waals surface area (Å²) in [7, 11) is 0. The van der Waals surface area contributed by atoms with Gasteiger partial charge in [0.15, 0.2) is 0 Å². The van der Waals surface area contributed by atoms with E-state index in [-0.39, 0.29) is 23.2 Å². The van der Waals surface area contributed by atoms with E-state index in [2.05, 4.69) is 50.4 Å². The van der Waals surface area contributed by atoms with E-state index in [0.717, 1.165) is 37.7 Å². The van der Waals surface area contributed by atoms with Gasteiger partial charge in [-0.05, 0) is 105 Å². The van der Waals surface area contributed by atoms with Crippen LogP contribution in [-0.4, -0.2) is 28.5 Å². The van der Waals surface area contributed by atoms with Gasteiger partial charge in [-0.25, -0.2) is 9.18 Å². The Morgan fingerprint density at radius 3 is 2.14 bits per heavy atom. The molecule has 44 heavy (non-hydrogen) atoms. The number of esters is 1. The van der Waals surface area contributed by atoms with Gasteiger partial charge in [0, 0.05) is 0 Å². The maximum Gasteiger partial charge on any atom is 0.338 e. The summed E-state index contributed by atoms with van der Waals surface area (Å²) in [6.45, 7) is 10.2. The Labute approximate surface area is 261 Å². The molecule has 1 aliphatic heterocycles. The summed E-state index contributed by atoms with van der Waals surface area (Å²) in [5.41, 5.74) is 8.88. The summed E-state index contributed by atoms with van der Waals surface area (Å²) in [6, 6.07) is 23.3. The van der Waals surface area contributed by atoms with Gasteiger partial charge < -0.3 is 15.4 Å². The standard InChI is InChI=1S/C37H46FN3O3/c1-25(2)44-34(43)29-11-15-30(16-12-29)37(39,24-23-35(3,4)5)41-33(42)32(28-13-17-31(38)18-14-28)40-36(41)21-19-27(20-22-36)26-9-7-6-8-10-26/h6-18,25,27,32,40H,19-24,39H2,1-5H3/t27?,32?,36?,37-/m1/s1. The lowest BCUT2D eigenvalue weighted by atomic mass is 9.76. The Morgan fingerprint density at radius 2 is 1.57 bits per heavy atom. The molecular formula is C37H46FN3O3. The molecule has 1 heterocycles. The van der Waals surface area contributed by atoms with Crippen LogP contribution < -0.4 is 11.1 Å². The first-order chi connectivity index (χ1) is 20.8. The van der Waals surface area contributed by atoms with Crippen molar-refractivity contribution >= 4 is 11.9 Å². The van der Waals surface area contributed by atoms with Crippen LogP contribution in [0.3, 0.4) is 0 Å². The lowest BCUT2D eigenvalue weighted by Gasteiger charge is -2.52.